The van der Waals surface area contributed by atoms with E-state index in [4.69, 9.17) is 9.84 Å². The Morgan fingerprint density at radius 3 is 2.80 bits per heavy atom. The largest absolute Gasteiger partial charge is 0.394 e. The monoisotopic (exact) mass is 214 g/mol. The lowest BCUT2D eigenvalue weighted by molar-refractivity contribution is -0.169. The van der Waals surface area contributed by atoms with Gasteiger partial charge >= 0.3 is 0 Å². The van der Waals surface area contributed by atoms with Crippen molar-refractivity contribution < 1.29 is 20.1 Å². The van der Waals surface area contributed by atoms with Gasteiger partial charge in [-0.2, -0.15) is 0 Å². The molecule has 84 valence electrons. The third-order valence-electron chi connectivity index (χ3n) is 2.69. The highest BCUT2D eigenvalue weighted by Crippen LogP contribution is 2.24. The van der Waals surface area contributed by atoms with Gasteiger partial charge in [0.05, 0.1) is 25.6 Å². The Hall–Kier alpha value is -0.950. The van der Waals surface area contributed by atoms with Gasteiger partial charge in [-0.25, -0.2) is 4.98 Å². The average molecular weight is 214 g/mol. The van der Waals surface area contributed by atoms with E-state index in [2.05, 4.69) is 4.98 Å². The Kier molecular flexibility index (Phi) is 3.01. The third-order valence-corrected chi connectivity index (χ3v) is 2.69. The molecule has 0 spiro atoms. The number of imidazole rings is 1. The van der Waals surface area contributed by atoms with Gasteiger partial charge in [-0.15, -0.1) is 0 Å². The van der Waals surface area contributed by atoms with E-state index < -0.39 is 18.3 Å². The number of rotatable bonds is 2. The number of ether oxygens (including phenoxy) is 1. The first-order chi connectivity index (χ1) is 7.24. The Labute approximate surface area is 86.8 Å². The molecule has 1 aromatic rings. The second-order valence-corrected chi connectivity index (χ2v) is 3.61. The fourth-order valence-electron chi connectivity index (χ4n) is 1.76. The molecule has 2 rings (SSSR count). The summed E-state index contributed by atoms with van der Waals surface area (Å²) in [6.07, 6.45) is 2.12. The maximum atomic E-state index is 9.82. The second-order valence-electron chi connectivity index (χ2n) is 3.61. The van der Waals surface area contributed by atoms with Crippen molar-refractivity contribution >= 4 is 0 Å². The van der Waals surface area contributed by atoms with Crippen LogP contribution in [-0.2, 0) is 4.74 Å². The van der Waals surface area contributed by atoms with Gasteiger partial charge in [0, 0.05) is 12.4 Å². The van der Waals surface area contributed by atoms with Gasteiger partial charge in [0.15, 0.2) is 0 Å². The van der Waals surface area contributed by atoms with E-state index >= 15 is 0 Å². The Bertz CT molecular complexity index is 303. The molecule has 1 fully saturated rings. The standard InChI is InChI=1S/C9H14N2O4/c12-3-7-9(14)8(13)6(4-15-7)11-2-1-10-5-11/h1-2,5-9,12-14H,3-4H2/t6-,7?,8?,9?/m1/s1. The van der Waals surface area contributed by atoms with Crippen LogP contribution in [0.25, 0.3) is 0 Å². The number of hydrogen-bond donors (Lipinski definition) is 3. The number of aliphatic hydroxyl groups is 3. The molecule has 6 nitrogen and oxygen atoms in total. The van der Waals surface area contributed by atoms with Gasteiger partial charge in [0.1, 0.15) is 18.3 Å². The van der Waals surface area contributed by atoms with Gasteiger partial charge in [-0.3, -0.25) is 0 Å². The van der Waals surface area contributed by atoms with E-state index in [0.29, 0.717) is 0 Å². The molecule has 0 aliphatic carbocycles. The highest BCUT2D eigenvalue weighted by Gasteiger charge is 2.38. The fourth-order valence-corrected chi connectivity index (χ4v) is 1.76. The minimum absolute atomic E-state index is 0.250. The SMILES string of the molecule is OCC1OC[C@@H](n2ccnc2)C(O)C1O. The van der Waals surface area contributed by atoms with Crippen LogP contribution in [-0.4, -0.2) is 56.4 Å². The molecule has 0 amide bonds. The van der Waals surface area contributed by atoms with Crippen molar-refractivity contribution in [3.05, 3.63) is 18.7 Å². The Balaban J connectivity index is 2.11. The molecule has 1 aliphatic rings. The zero-order chi connectivity index (χ0) is 10.8. The lowest BCUT2D eigenvalue weighted by atomic mass is 9.98. The van der Waals surface area contributed by atoms with E-state index in [1.54, 1.807) is 23.3 Å². The molecule has 1 aliphatic heterocycles. The maximum absolute atomic E-state index is 9.82. The summed E-state index contributed by atoms with van der Waals surface area (Å²) in [6.45, 7) is -0.0469. The maximum Gasteiger partial charge on any atom is 0.110 e. The first-order valence-corrected chi connectivity index (χ1v) is 4.80. The van der Waals surface area contributed by atoms with Gasteiger partial charge in [0.2, 0.25) is 0 Å². The lowest BCUT2D eigenvalue weighted by Gasteiger charge is -2.37. The van der Waals surface area contributed by atoms with Crippen LogP contribution < -0.4 is 0 Å². The van der Waals surface area contributed by atoms with Crippen LogP contribution in [0.4, 0.5) is 0 Å². The summed E-state index contributed by atoms with van der Waals surface area (Å²) >= 11 is 0. The molecule has 0 aromatic carbocycles. The second kappa shape index (κ2) is 4.28. The molecule has 15 heavy (non-hydrogen) atoms. The highest BCUT2D eigenvalue weighted by atomic mass is 16.5. The molecular formula is C9H14N2O4. The number of aromatic nitrogens is 2. The highest BCUT2D eigenvalue weighted by molar-refractivity contribution is 4.92. The van der Waals surface area contributed by atoms with E-state index in [1.807, 2.05) is 0 Å². The van der Waals surface area contributed by atoms with Crippen LogP contribution in [0.15, 0.2) is 18.7 Å². The van der Waals surface area contributed by atoms with Crippen molar-refractivity contribution in [2.45, 2.75) is 24.4 Å². The number of aliphatic hydroxyl groups excluding tert-OH is 3. The van der Waals surface area contributed by atoms with Crippen LogP contribution in [0.2, 0.25) is 0 Å². The van der Waals surface area contributed by atoms with Crippen molar-refractivity contribution in [3.8, 4) is 0 Å². The average Bonchev–Trinajstić information content (AvgIpc) is 2.75. The lowest BCUT2D eigenvalue weighted by Crippen LogP contribution is -2.51. The van der Waals surface area contributed by atoms with E-state index in [0.717, 1.165) is 0 Å². The van der Waals surface area contributed by atoms with E-state index in [1.165, 1.54) is 0 Å². The predicted octanol–water partition coefficient (Wildman–Crippen LogP) is -1.46. The fraction of sp³-hybridized carbons (Fsp3) is 0.667. The van der Waals surface area contributed by atoms with Crippen LogP contribution in [0.5, 0.6) is 0 Å². The van der Waals surface area contributed by atoms with Crippen LogP contribution in [0, 0.1) is 0 Å². The predicted molar refractivity (Wildman–Crippen MR) is 50.1 cm³/mol. The summed E-state index contributed by atoms with van der Waals surface area (Å²) < 4.78 is 6.92. The first-order valence-electron chi connectivity index (χ1n) is 4.80. The van der Waals surface area contributed by atoms with Gasteiger partial charge in [-0.1, -0.05) is 0 Å². The Morgan fingerprint density at radius 2 is 2.20 bits per heavy atom. The normalized spacial score (nSPS) is 36.7. The van der Waals surface area contributed by atoms with Gasteiger partial charge in [-0.05, 0) is 0 Å². The van der Waals surface area contributed by atoms with Crippen molar-refractivity contribution in [2.24, 2.45) is 0 Å². The molecule has 1 aromatic heterocycles. The molecule has 0 bridgehead atoms. The minimum Gasteiger partial charge on any atom is -0.394 e. The quantitative estimate of drug-likeness (QED) is 0.560. The number of nitrogens with zero attached hydrogens (tertiary/aromatic N) is 2. The van der Waals surface area contributed by atoms with Gasteiger partial charge in [0.25, 0.3) is 0 Å². The molecule has 3 unspecified atom stereocenters. The van der Waals surface area contributed by atoms with E-state index in [-0.39, 0.29) is 19.3 Å². The first kappa shape index (κ1) is 10.6. The zero-order valence-corrected chi connectivity index (χ0v) is 8.10. The Morgan fingerprint density at radius 1 is 1.40 bits per heavy atom. The van der Waals surface area contributed by atoms with Crippen LogP contribution >= 0.6 is 0 Å². The van der Waals surface area contributed by atoms with Crippen molar-refractivity contribution in [2.75, 3.05) is 13.2 Å². The summed E-state index contributed by atoms with van der Waals surface area (Å²) in [5, 5.41) is 28.3. The minimum atomic E-state index is -1.07. The van der Waals surface area contributed by atoms with Crippen molar-refractivity contribution in [3.63, 3.8) is 0 Å². The topological polar surface area (TPSA) is 87.7 Å². The molecule has 2 heterocycles. The number of hydrogen-bond acceptors (Lipinski definition) is 5. The van der Waals surface area contributed by atoms with Crippen LogP contribution in [0.3, 0.4) is 0 Å². The summed E-state index contributed by atoms with van der Waals surface area (Å²) in [7, 11) is 0. The molecule has 6 heteroatoms. The molecule has 3 N–H and O–H groups in total. The summed E-state index contributed by atoms with van der Waals surface area (Å²) in [5.74, 6) is 0. The molecule has 1 saturated heterocycles. The molecule has 0 saturated carbocycles. The molecular weight excluding hydrogens is 200 g/mol. The van der Waals surface area contributed by atoms with E-state index in [9.17, 15) is 10.2 Å². The zero-order valence-electron chi connectivity index (χ0n) is 8.10. The summed E-state index contributed by atoms with van der Waals surface area (Å²) in [4.78, 5) is 3.86. The summed E-state index contributed by atoms with van der Waals surface area (Å²) in [6, 6.07) is -0.356. The molecule has 4 atom stereocenters. The van der Waals surface area contributed by atoms with Gasteiger partial charge < -0.3 is 24.6 Å². The van der Waals surface area contributed by atoms with Crippen molar-refractivity contribution in [1.29, 1.82) is 0 Å². The van der Waals surface area contributed by atoms with Crippen LogP contribution in [0.1, 0.15) is 6.04 Å². The molecule has 0 radical (unpaired) electrons. The van der Waals surface area contributed by atoms with Crippen molar-refractivity contribution in [1.82, 2.24) is 9.55 Å². The third kappa shape index (κ3) is 1.89. The summed E-state index contributed by atoms with van der Waals surface area (Å²) in [5.41, 5.74) is 0. The smallest absolute Gasteiger partial charge is 0.110 e.